The maximum absolute atomic E-state index is 13.3. The summed E-state index contributed by atoms with van der Waals surface area (Å²) < 4.78 is 18.0. The Labute approximate surface area is 196 Å². The third-order valence-electron chi connectivity index (χ3n) is 5.04. The smallest absolute Gasteiger partial charge is 0.234 e. The van der Waals surface area contributed by atoms with Gasteiger partial charge < -0.3 is 19.7 Å². The van der Waals surface area contributed by atoms with E-state index in [0.29, 0.717) is 47.2 Å². The molecule has 8 nitrogen and oxygen atoms in total. The molecule has 0 aliphatic heterocycles. The van der Waals surface area contributed by atoms with Crippen LogP contribution in [0.1, 0.15) is 54.5 Å². The number of nitrogens with one attached hydrogen (secondary N) is 2. The van der Waals surface area contributed by atoms with Crippen molar-refractivity contribution in [2.24, 2.45) is 0 Å². The number of aromatic amines is 1. The molecule has 176 valence electrons. The van der Waals surface area contributed by atoms with E-state index in [1.807, 2.05) is 14.1 Å². The topological polar surface area (TPSA) is 104 Å². The molecule has 0 saturated carbocycles. The summed E-state index contributed by atoms with van der Waals surface area (Å²) in [6.07, 6.45) is 4.63. The summed E-state index contributed by atoms with van der Waals surface area (Å²) in [6, 6.07) is 7.07. The second-order valence-corrected chi connectivity index (χ2v) is 8.43. The van der Waals surface area contributed by atoms with E-state index >= 15 is 0 Å². The highest BCUT2D eigenvalue weighted by molar-refractivity contribution is 6.31. The molecule has 33 heavy (non-hydrogen) atoms. The maximum atomic E-state index is 13.3. The molecule has 1 atom stereocenters. The lowest BCUT2D eigenvalue weighted by molar-refractivity contribution is -0.122. The largest absolute Gasteiger partial charge is 0.364 e. The Morgan fingerprint density at radius 3 is 2.61 bits per heavy atom. The van der Waals surface area contributed by atoms with Crippen LogP contribution in [0.5, 0.6) is 0 Å². The van der Waals surface area contributed by atoms with Gasteiger partial charge in [0.25, 0.3) is 0 Å². The molecule has 2 N–H and O–H groups in total. The first-order valence-corrected chi connectivity index (χ1v) is 11.1. The van der Waals surface area contributed by atoms with Gasteiger partial charge in [0.1, 0.15) is 34.4 Å². The van der Waals surface area contributed by atoms with Crippen molar-refractivity contribution in [2.45, 2.75) is 38.1 Å². The summed E-state index contributed by atoms with van der Waals surface area (Å²) >= 11 is 6.37. The van der Waals surface area contributed by atoms with E-state index in [-0.39, 0.29) is 30.1 Å². The number of ketones is 1. The van der Waals surface area contributed by atoms with Gasteiger partial charge in [0.15, 0.2) is 5.78 Å². The van der Waals surface area contributed by atoms with Gasteiger partial charge in [-0.2, -0.15) is 0 Å². The van der Waals surface area contributed by atoms with Gasteiger partial charge in [-0.15, -0.1) is 0 Å². The van der Waals surface area contributed by atoms with Crippen LogP contribution in [0.2, 0.25) is 5.15 Å². The third kappa shape index (κ3) is 7.23. The van der Waals surface area contributed by atoms with Gasteiger partial charge in [-0.1, -0.05) is 29.6 Å². The Kier molecular flexibility index (Phi) is 8.73. The van der Waals surface area contributed by atoms with Crippen LogP contribution in [0.15, 0.2) is 41.1 Å². The van der Waals surface area contributed by atoms with Crippen molar-refractivity contribution >= 4 is 23.3 Å². The third-order valence-corrected chi connectivity index (χ3v) is 5.31. The number of hydrogen-bond donors (Lipinski definition) is 2. The van der Waals surface area contributed by atoms with Crippen molar-refractivity contribution in [3.63, 3.8) is 0 Å². The number of halogens is 2. The molecule has 0 aliphatic rings. The predicted molar refractivity (Wildman–Crippen MR) is 122 cm³/mol. The zero-order chi connectivity index (χ0) is 23.8. The molecule has 0 radical (unpaired) electrons. The molecule has 0 fully saturated rings. The molecular formula is C23H27ClFN5O3. The Balaban J connectivity index is 1.64. The van der Waals surface area contributed by atoms with Crippen molar-refractivity contribution in [2.75, 3.05) is 20.6 Å². The SMILES string of the molecule is CN(C)CC(=O)NC(CCCCCC(=O)c1ccon1)c1nc(-c2ccc(F)cc2)c(Cl)[nH]1. The van der Waals surface area contributed by atoms with Crippen LogP contribution in [0.3, 0.4) is 0 Å². The molecule has 0 aliphatic carbocycles. The second-order valence-electron chi connectivity index (χ2n) is 8.06. The van der Waals surface area contributed by atoms with Crippen molar-refractivity contribution in [3.8, 4) is 11.3 Å². The number of amides is 1. The second kappa shape index (κ2) is 11.7. The van der Waals surface area contributed by atoms with Crippen LogP contribution >= 0.6 is 11.6 Å². The summed E-state index contributed by atoms with van der Waals surface area (Å²) in [4.78, 5) is 33.9. The average Bonchev–Trinajstić information content (AvgIpc) is 3.43. The molecule has 1 unspecified atom stereocenters. The summed E-state index contributed by atoms with van der Waals surface area (Å²) in [7, 11) is 3.63. The standard InChI is InChI=1S/C23H27ClFN5O3/c1-30(2)14-20(32)26-18(6-4-3-5-7-19(31)17-12-13-33-29-17)23-27-21(22(24)28-23)15-8-10-16(25)11-9-15/h8-13,18H,3-7,14H2,1-2H3,(H,26,32)(H,27,28). The summed E-state index contributed by atoms with van der Waals surface area (Å²) in [5, 5.41) is 6.98. The van der Waals surface area contributed by atoms with Crippen LogP contribution in [-0.4, -0.2) is 52.4 Å². The van der Waals surface area contributed by atoms with Crippen LogP contribution in [0.4, 0.5) is 4.39 Å². The summed E-state index contributed by atoms with van der Waals surface area (Å²) in [6.45, 7) is 0.238. The Morgan fingerprint density at radius 2 is 1.94 bits per heavy atom. The van der Waals surface area contributed by atoms with Gasteiger partial charge in [0, 0.05) is 18.1 Å². The number of carbonyl (C=O) groups excluding carboxylic acids is 2. The number of aromatic nitrogens is 3. The minimum atomic E-state index is -0.379. The first kappa shape index (κ1) is 24.6. The van der Waals surface area contributed by atoms with Crippen LogP contribution in [-0.2, 0) is 4.79 Å². The van der Waals surface area contributed by atoms with Crippen molar-refractivity contribution in [1.29, 1.82) is 0 Å². The number of hydrogen-bond acceptors (Lipinski definition) is 6. The fourth-order valence-corrected chi connectivity index (χ4v) is 3.68. The number of H-pyrrole nitrogens is 1. The van der Waals surface area contributed by atoms with Crippen LogP contribution in [0.25, 0.3) is 11.3 Å². The predicted octanol–water partition coefficient (Wildman–Crippen LogP) is 4.41. The Hall–Kier alpha value is -3.04. The van der Waals surface area contributed by atoms with Crippen molar-refractivity contribution in [1.82, 2.24) is 25.3 Å². The molecular weight excluding hydrogens is 449 g/mol. The number of rotatable bonds is 12. The molecule has 1 aromatic carbocycles. The average molecular weight is 476 g/mol. The molecule has 1 amide bonds. The molecule has 2 aromatic heterocycles. The first-order valence-electron chi connectivity index (χ1n) is 10.7. The quantitative estimate of drug-likeness (QED) is 0.297. The van der Waals surface area contributed by atoms with E-state index in [1.165, 1.54) is 18.4 Å². The molecule has 0 saturated heterocycles. The van der Waals surface area contributed by atoms with E-state index in [9.17, 15) is 14.0 Å². The number of likely N-dealkylation sites (N-methyl/N-ethyl adjacent to an activating group) is 1. The number of nitrogens with zero attached hydrogens (tertiary/aromatic N) is 3. The van der Waals surface area contributed by atoms with E-state index in [0.717, 1.165) is 12.8 Å². The van der Waals surface area contributed by atoms with E-state index in [4.69, 9.17) is 16.1 Å². The molecule has 3 rings (SSSR count). The lowest BCUT2D eigenvalue weighted by atomic mass is 10.0. The van der Waals surface area contributed by atoms with Gasteiger partial charge in [0.05, 0.1) is 12.6 Å². The van der Waals surface area contributed by atoms with E-state index in [1.54, 1.807) is 23.1 Å². The number of Topliss-reactive ketones (excluding diaryl/α,β-unsaturated/α-hetero) is 1. The molecule has 10 heteroatoms. The highest BCUT2D eigenvalue weighted by atomic mass is 35.5. The number of benzene rings is 1. The van der Waals surface area contributed by atoms with Crippen molar-refractivity contribution in [3.05, 3.63) is 59.1 Å². The zero-order valence-electron chi connectivity index (χ0n) is 18.6. The molecule has 0 bridgehead atoms. The van der Waals surface area contributed by atoms with E-state index in [2.05, 4.69) is 20.4 Å². The van der Waals surface area contributed by atoms with Gasteiger partial charge in [-0.25, -0.2) is 9.37 Å². The lowest BCUT2D eigenvalue weighted by Crippen LogP contribution is -2.36. The van der Waals surface area contributed by atoms with Gasteiger partial charge in [0.2, 0.25) is 5.91 Å². The fourth-order valence-electron chi connectivity index (χ4n) is 3.43. The molecule has 2 heterocycles. The normalized spacial score (nSPS) is 12.2. The monoisotopic (exact) mass is 475 g/mol. The lowest BCUT2D eigenvalue weighted by Gasteiger charge is -2.18. The van der Waals surface area contributed by atoms with Crippen LogP contribution in [0, 0.1) is 5.82 Å². The zero-order valence-corrected chi connectivity index (χ0v) is 19.4. The minimum Gasteiger partial charge on any atom is -0.364 e. The van der Waals surface area contributed by atoms with Crippen LogP contribution < -0.4 is 5.32 Å². The summed E-state index contributed by atoms with van der Waals surface area (Å²) in [5.74, 6) is -0.00463. The maximum Gasteiger partial charge on any atom is 0.234 e. The molecule has 0 spiro atoms. The summed E-state index contributed by atoms with van der Waals surface area (Å²) in [5.41, 5.74) is 1.51. The highest BCUT2D eigenvalue weighted by Gasteiger charge is 2.21. The van der Waals surface area contributed by atoms with Gasteiger partial charge in [-0.3, -0.25) is 9.59 Å². The minimum absolute atomic E-state index is 0.0543. The number of unbranched alkanes of at least 4 members (excludes halogenated alkanes) is 2. The fraction of sp³-hybridized carbons (Fsp3) is 0.391. The number of imidazole rings is 1. The first-order chi connectivity index (χ1) is 15.8. The van der Waals surface area contributed by atoms with Gasteiger partial charge >= 0.3 is 0 Å². The molecule has 3 aromatic rings. The Morgan fingerprint density at radius 1 is 1.18 bits per heavy atom. The highest BCUT2D eigenvalue weighted by Crippen LogP contribution is 2.29. The van der Waals surface area contributed by atoms with Crippen molar-refractivity contribution < 1.29 is 18.5 Å². The van der Waals surface area contributed by atoms with Gasteiger partial charge in [-0.05, 0) is 51.2 Å². The van der Waals surface area contributed by atoms with E-state index < -0.39 is 0 Å². The number of carbonyl (C=O) groups is 2. The Bertz CT molecular complexity index is 1050.